The molecule has 0 saturated carbocycles. The minimum atomic E-state index is 0.335. The summed E-state index contributed by atoms with van der Waals surface area (Å²) in [5, 5.41) is 3.42. The van der Waals surface area contributed by atoms with E-state index in [4.69, 9.17) is 4.74 Å². The van der Waals surface area contributed by atoms with Gasteiger partial charge in [-0.2, -0.15) is 4.37 Å². The lowest BCUT2D eigenvalue weighted by atomic mass is 10.0. The molecule has 16 heavy (non-hydrogen) atoms. The fourth-order valence-corrected chi connectivity index (χ4v) is 2.29. The van der Waals surface area contributed by atoms with Crippen LogP contribution in [-0.4, -0.2) is 27.9 Å². The van der Waals surface area contributed by atoms with E-state index in [1.807, 2.05) is 0 Å². The third-order valence-corrected chi connectivity index (χ3v) is 3.11. The van der Waals surface area contributed by atoms with Gasteiger partial charge in [-0.15, -0.1) is 4.37 Å². The third-order valence-electron chi connectivity index (χ3n) is 2.60. The predicted octanol–water partition coefficient (Wildman–Crippen LogP) is 2.09. The summed E-state index contributed by atoms with van der Waals surface area (Å²) in [6.45, 7) is 5.97. The van der Waals surface area contributed by atoms with Gasteiger partial charge in [0.2, 0.25) is 0 Å². The molecule has 0 radical (unpaired) electrons. The van der Waals surface area contributed by atoms with Crippen LogP contribution in [0.5, 0.6) is 5.88 Å². The lowest BCUT2D eigenvalue weighted by molar-refractivity contribution is 0.306. The standard InChI is InChI=1S/C11H17N3OS/c1-3-7-15-11-10(13-16-14-11)9-5-4-6-12-8(9)2/h5,8,12H,3-4,6-7H2,1-2H3. The summed E-state index contributed by atoms with van der Waals surface area (Å²) < 4.78 is 14.1. The van der Waals surface area contributed by atoms with Crippen LogP contribution in [0.25, 0.3) is 5.57 Å². The Morgan fingerprint density at radius 3 is 3.19 bits per heavy atom. The summed E-state index contributed by atoms with van der Waals surface area (Å²) >= 11 is 1.22. The topological polar surface area (TPSA) is 47.0 Å². The van der Waals surface area contributed by atoms with Crippen LogP contribution in [0.2, 0.25) is 0 Å². The van der Waals surface area contributed by atoms with E-state index >= 15 is 0 Å². The number of nitrogens with zero attached hydrogens (tertiary/aromatic N) is 2. The van der Waals surface area contributed by atoms with Crippen LogP contribution in [0.3, 0.4) is 0 Å². The highest BCUT2D eigenvalue weighted by Gasteiger charge is 2.21. The van der Waals surface area contributed by atoms with Gasteiger partial charge in [-0.3, -0.25) is 0 Å². The van der Waals surface area contributed by atoms with Gasteiger partial charge in [0.05, 0.1) is 18.3 Å². The zero-order chi connectivity index (χ0) is 11.4. The van der Waals surface area contributed by atoms with Crippen molar-refractivity contribution in [1.29, 1.82) is 0 Å². The van der Waals surface area contributed by atoms with E-state index < -0.39 is 0 Å². The SMILES string of the molecule is CCCOc1nsnc1C1=CCCNC1C. The first-order valence-corrected chi connectivity index (χ1v) is 6.45. The number of aromatic nitrogens is 2. The van der Waals surface area contributed by atoms with Gasteiger partial charge in [0.25, 0.3) is 5.88 Å². The molecule has 2 heterocycles. The molecule has 5 heteroatoms. The van der Waals surface area contributed by atoms with Crippen LogP contribution in [0.4, 0.5) is 0 Å². The molecule has 1 atom stereocenters. The van der Waals surface area contributed by atoms with Gasteiger partial charge in [0, 0.05) is 6.04 Å². The first-order valence-electron chi connectivity index (χ1n) is 5.72. The van der Waals surface area contributed by atoms with Gasteiger partial charge in [-0.25, -0.2) is 0 Å². The smallest absolute Gasteiger partial charge is 0.253 e. The van der Waals surface area contributed by atoms with E-state index in [0.717, 1.165) is 25.1 Å². The number of hydrogen-bond acceptors (Lipinski definition) is 5. The summed E-state index contributed by atoms with van der Waals surface area (Å²) in [6.07, 6.45) is 4.27. The second kappa shape index (κ2) is 5.41. The van der Waals surface area contributed by atoms with Crippen LogP contribution >= 0.6 is 11.7 Å². The van der Waals surface area contributed by atoms with Crippen molar-refractivity contribution in [2.75, 3.05) is 13.2 Å². The lowest BCUT2D eigenvalue weighted by Crippen LogP contribution is -2.31. The van der Waals surface area contributed by atoms with Crippen molar-refractivity contribution in [3.05, 3.63) is 11.8 Å². The average Bonchev–Trinajstić information content (AvgIpc) is 2.75. The predicted molar refractivity (Wildman–Crippen MR) is 65.8 cm³/mol. The van der Waals surface area contributed by atoms with Crippen LogP contribution in [0.15, 0.2) is 6.08 Å². The molecular weight excluding hydrogens is 222 g/mol. The maximum Gasteiger partial charge on any atom is 0.253 e. The van der Waals surface area contributed by atoms with Gasteiger partial charge in [0.1, 0.15) is 5.69 Å². The summed E-state index contributed by atoms with van der Waals surface area (Å²) in [5.74, 6) is 0.689. The minimum Gasteiger partial charge on any atom is -0.475 e. The monoisotopic (exact) mass is 239 g/mol. The van der Waals surface area contributed by atoms with Crippen molar-refractivity contribution in [1.82, 2.24) is 14.1 Å². The molecule has 1 aromatic heterocycles. The molecule has 0 saturated heterocycles. The van der Waals surface area contributed by atoms with Crippen LogP contribution in [0.1, 0.15) is 32.4 Å². The Morgan fingerprint density at radius 2 is 2.44 bits per heavy atom. The van der Waals surface area contributed by atoms with Crippen molar-refractivity contribution in [2.24, 2.45) is 0 Å². The van der Waals surface area contributed by atoms with Crippen molar-refractivity contribution in [3.63, 3.8) is 0 Å². The number of ether oxygens (including phenoxy) is 1. The lowest BCUT2D eigenvalue weighted by Gasteiger charge is -2.21. The van der Waals surface area contributed by atoms with E-state index in [2.05, 4.69) is 34.0 Å². The molecule has 0 fully saturated rings. The second-order valence-corrected chi connectivity index (χ2v) is 4.42. The molecule has 1 aromatic rings. The third kappa shape index (κ3) is 2.41. The maximum atomic E-state index is 5.60. The summed E-state index contributed by atoms with van der Waals surface area (Å²) in [4.78, 5) is 0. The average molecular weight is 239 g/mol. The Labute approximate surface area is 100 Å². The normalized spacial score (nSPS) is 20.6. The number of nitrogens with one attached hydrogen (secondary N) is 1. The van der Waals surface area contributed by atoms with Gasteiger partial charge in [0.15, 0.2) is 0 Å². The molecule has 0 aromatic carbocycles. The van der Waals surface area contributed by atoms with Gasteiger partial charge < -0.3 is 10.1 Å². The van der Waals surface area contributed by atoms with Gasteiger partial charge in [-0.1, -0.05) is 13.0 Å². The maximum absolute atomic E-state index is 5.60. The molecule has 1 unspecified atom stereocenters. The quantitative estimate of drug-likeness (QED) is 0.874. The summed E-state index contributed by atoms with van der Waals surface area (Å²) in [7, 11) is 0. The number of rotatable bonds is 4. The fourth-order valence-electron chi connectivity index (χ4n) is 1.77. The zero-order valence-corrected chi connectivity index (χ0v) is 10.5. The molecule has 1 N–H and O–H groups in total. The van der Waals surface area contributed by atoms with E-state index in [1.165, 1.54) is 17.3 Å². The zero-order valence-electron chi connectivity index (χ0n) is 9.69. The highest BCUT2D eigenvalue weighted by atomic mass is 32.1. The Kier molecular flexibility index (Phi) is 3.90. The van der Waals surface area contributed by atoms with Gasteiger partial charge in [-0.05, 0) is 31.9 Å². The van der Waals surface area contributed by atoms with Crippen LogP contribution in [-0.2, 0) is 0 Å². The second-order valence-electron chi connectivity index (χ2n) is 3.89. The van der Waals surface area contributed by atoms with Crippen molar-refractivity contribution >= 4 is 17.3 Å². The van der Waals surface area contributed by atoms with Crippen LogP contribution < -0.4 is 10.1 Å². The largest absolute Gasteiger partial charge is 0.475 e. The molecule has 88 valence electrons. The molecule has 2 rings (SSSR count). The van der Waals surface area contributed by atoms with E-state index in [1.54, 1.807) is 0 Å². The Balaban J connectivity index is 2.19. The van der Waals surface area contributed by atoms with E-state index in [-0.39, 0.29) is 0 Å². The van der Waals surface area contributed by atoms with E-state index in [9.17, 15) is 0 Å². The highest BCUT2D eigenvalue weighted by molar-refractivity contribution is 6.99. The molecule has 0 spiro atoms. The molecule has 0 amide bonds. The first kappa shape index (κ1) is 11.5. The summed E-state index contributed by atoms with van der Waals surface area (Å²) in [6, 6.07) is 0.335. The Bertz CT molecular complexity index is 375. The molecule has 1 aliphatic heterocycles. The summed E-state index contributed by atoms with van der Waals surface area (Å²) in [5.41, 5.74) is 2.13. The van der Waals surface area contributed by atoms with Crippen LogP contribution in [0, 0.1) is 0 Å². The first-order chi connectivity index (χ1) is 7.83. The Hall–Kier alpha value is -0.940. The van der Waals surface area contributed by atoms with E-state index in [0.29, 0.717) is 18.5 Å². The number of hydrogen-bond donors (Lipinski definition) is 1. The molecule has 0 aliphatic carbocycles. The Morgan fingerprint density at radius 1 is 1.56 bits per heavy atom. The molecule has 0 bridgehead atoms. The van der Waals surface area contributed by atoms with Crippen molar-refractivity contribution in [2.45, 2.75) is 32.7 Å². The molecule has 4 nitrogen and oxygen atoms in total. The molecular formula is C11H17N3OS. The molecule has 1 aliphatic rings. The minimum absolute atomic E-state index is 0.335. The van der Waals surface area contributed by atoms with Crippen molar-refractivity contribution in [3.8, 4) is 5.88 Å². The fraction of sp³-hybridized carbons (Fsp3) is 0.636. The highest BCUT2D eigenvalue weighted by Crippen LogP contribution is 2.28. The van der Waals surface area contributed by atoms with Gasteiger partial charge >= 0.3 is 0 Å². The van der Waals surface area contributed by atoms with Crippen molar-refractivity contribution < 1.29 is 4.74 Å².